The Bertz CT molecular complexity index is 660. The molecular weight excluding hydrogens is 301 g/mol. The first-order valence-corrected chi connectivity index (χ1v) is 6.60. The van der Waals surface area contributed by atoms with Gasteiger partial charge in [-0.3, -0.25) is 4.79 Å². The molecule has 0 saturated carbocycles. The molecule has 0 aliphatic heterocycles. The third-order valence-electron chi connectivity index (χ3n) is 3.13. The summed E-state index contributed by atoms with van der Waals surface area (Å²) in [6.45, 7) is 1.77. The number of carbonyl (C=O) groups is 1. The molecule has 21 heavy (non-hydrogen) atoms. The minimum atomic E-state index is -4.37. The van der Waals surface area contributed by atoms with E-state index >= 15 is 0 Å². The lowest BCUT2D eigenvalue weighted by Crippen LogP contribution is -2.07. The average molecular weight is 313 g/mol. The molecule has 1 nitrogen and oxygen atoms in total. The van der Waals surface area contributed by atoms with Crippen molar-refractivity contribution in [1.82, 2.24) is 0 Å². The number of halogens is 4. The van der Waals surface area contributed by atoms with Crippen LogP contribution in [-0.4, -0.2) is 5.78 Å². The smallest absolute Gasteiger partial charge is 0.294 e. The molecule has 5 heteroatoms. The van der Waals surface area contributed by atoms with Crippen LogP contribution in [0.5, 0.6) is 0 Å². The average Bonchev–Trinajstić information content (AvgIpc) is 2.38. The van der Waals surface area contributed by atoms with Crippen LogP contribution < -0.4 is 0 Å². The summed E-state index contributed by atoms with van der Waals surface area (Å²) in [4.78, 5) is 12.2. The van der Waals surface area contributed by atoms with E-state index in [1.807, 2.05) is 0 Å². The molecule has 0 radical (unpaired) electrons. The summed E-state index contributed by atoms with van der Waals surface area (Å²) in [5, 5.41) is 0.540. The fraction of sp³-hybridized carbons (Fsp3) is 0.188. The van der Waals surface area contributed by atoms with Crippen molar-refractivity contribution < 1.29 is 18.0 Å². The van der Waals surface area contributed by atoms with Gasteiger partial charge < -0.3 is 0 Å². The van der Waals surface area contributed by atoms with E-state index in [4.69, 9.17) is 11.6 Å². The van der Waals surface area contributed by atoms with Gasteiger partial charge in [0.15, 0.2) is 5.78 Å². The second-order valence-corrected chi connectivity index (χ2v) is 5.19. The number of aryl methyl sites for hydroxylation is 1. The van der Waals surface area contributed by atoms with Crippen LogP contribution in [0.1, 0.15) is 27.0 Å². The summed E-state index contributed by atoms with van der Waals surface area (Å²) in [7, 11) is 0. The highest BCUT2D eigenvalue weighted by atomic mass is 35.5. The molecule has 0 amide bonds. The highest BCUT2D eigenvalue weighted by Gasteiger charge is 2.29. The second-order valence-electron chi connectivity index (χ2n) is 4.75. The zero-order valence-corrected chi connectivity index (χ0v) is 11.9. The van der Waals surface area contributed by atoms with Gasteiger partial charge in [0.1, 0.15) is 0 Å². The Morgan fingerprint density at radius 2 is 1.71 bits per heavy atom. The van der Waals surface area contributed by atoms with Crippen LogP contribution in [0.3, 0.4) is 0 Å². The number of alkyl halides is 3. The highest BCUT2D eigenvalue weighted by molar-refractivity contribution is 6.30. The summed E-state index contributed by atoms with van der Waals surface area (Å²) in [6, 6.07) is 9.55. The number of hydrogen-bond acceptors (Lipinski definition) is 1. The minimum absolute atomic E-state index is 0.0562. The first-order chi connectivity index (χ1) is 9.77. The van der Waals surface area contributed by atoms with E-state index in [2.05, 4.69) is 0 Å². The van der Waals surface area contributed by atoms with Gasteiger partial charge in [0, 0.05) is 17.0 Å². The Hall–Kier alpha value is -1.81. The van der Waals surface area contributed by atoms with Crippen molar-refractivity contribution in [3.05, 3.63) is 69.7 Å². The molecule has 0 bridgehead atoms. The molecule has 0 N–H and O–H groups in total. The van der Waals surface area contributed by atoms with E-state index in [-0.39, 0.29) is 12.2 Å². The molecule has 0 aliphatic carbocycles. The summed E-state index contributed by atoms with van der Waals surface area (Å²) >= 11 is 5.82. The topological polar surface area (TPSA) is 17.1 Å². The van der Waals surface area contributed by atoms with Crippen molar-refractivity contribution in [3.63, 3.8) is 0 Å². The second kappa shape index (κ2) is 5.90. The van der Waals surface area contributed by atoms with Crippen LogP contribution in [0, 0.1) is 6.92 Å². The third-order valence-corrected chi connectivity index (χ3v) is 3.37. The molecule has 0 spiro atoms. The SMILES string of the molecule is Cc1cc(Cl)ccc1C(=O)Cc1ccc(C(F)(F)F)cc1. The number of ketones is 1. The van der Waals surface area contributed by atoms with E-state index in [1.54, 1.807) is 25.1 Å². The lowest BCUT2D eigenvalue weighted by molar-refractivity contribution is -0.137. The normalized spacial score (nSPS) is 11.5. The van der Waals surface area contributed by atoms with Gasteiger partial charge in [0.25, 0.3) is 0 Å². The number of benzene rings is 2. The number of carbonyl (C=O) groups excluding carboxylic acids is 1. The number of Topliss-reactive ketones (excluding diaryl/α,β-unsaturated/α-hetero) is 1. The zero-order chi connectivity index (χ0) is 15.6. The summed E-state index contributed by atoms with van der Waals surface area (Å²) in [5.74, 6) is -0.149. The Labute approximate surface area is 125 Å². The Morgan fingerprint density at radius 3 is 2.24 bits per heavy atom. The van der Waals surface area contributed by atoms with Crippen LogP contribution in [-0.2, 0) is 12.6 Å². The van der Waals surface area contributed by atoms with Crippen molar-refractivity contribution in [2.24, 2.45) is 0 Å². The van der Waals surface area contributed by atoms with Crippen molar-refractivity contribution >= 4 is 17.4 Å². The van der Waals surface area contributed by atoms with Crippen LogP contribution >= 0.6 is 11.6 Å². The maximum Gasteiger partial charge on any atom is 0.416 e. The van der Waals surface area contributed by atoms with Crippen molar-refractivity contribution in [2.45, 2.75) is 19.5 Å². The lowest BCUT2D eigenvalue weighted by Gasteiger charge is -2.08. The molecule has 2 aromatic carbocycles. The van der Waals surface area contributed by atoms with Gasteiger partial charge in [0.05, 0.1) is 5.56 Å². The van der Waals surface area contributed by atoms with Crippen molar-refractivity contribution in [1.29, 1.82) is 0 Å². The van der Waals surface area contributed by atoms with Gasteiger partial charge in [0.2, 0.25) is 0 Å². The van der Waals surface area contributed by atoms with Gasteiger partial charge in [-0.25, -0.2) is 0 Å². The van der Waals surface area contributed by atoms with E-state index in [1.165, 1.54) is 12.1 Å². The molecular formula is C16H12ClF3O. The maximum atomic E-state index is 12.5. The van der Waals surface area contributed by atoms with E-state index in [0.29, 0.717) is 16.1 Å². The van der Waals surface area contributed by atoms with Crippen LogP contribution in [0.25, 0.3) is 0 Å². The zero-order valence-electron chi connectivity index (χ0n) is 11.2. The first-order valence-electron chi connectivity index (χ1n) is 6.23. The van der Waals surface area contributed by atoms with E-state index < -0.39 is 11.7 Å². The summed E-state index contributed by atoms with van der Waals surface area (Å²) in [5.41, 5.74) is 1.10. The third kappa shape index (κ3) is 3.85. The molecule has 2 rings (SSSR count). The van der Waals surface area contributed by atoms with Crippen LogP contribution in [0.4, 0.5) is 13.2 Å². The molecule has 0 fully saturated rings. The largest absolute Gasteiger partial charge is 0.416 e. The number of rotatable bonds is 3. The summed E-state index contributed by atoms with van der Waals surface area (Å²) in [6.07, 6.45) is -4.31. The fourth-order valence-electron chi connectivity index (χ4n) is 2.03. The van der Waals surface area contributed by atoms with Gasteiger partial charge in [-0.2, -0.15) is 13.2 Å². The fourth-order valence-corrected chi connectivity index (χ4v) is 2.26. The molecule has 0 saturated heterocycles. The van der Waals surface area contributed by atoms with Gasteiger partial charge >= 0.3 is 6.18 Å². The molecule has 110 valence electrons. The lowest BCUT2D eigenvalue weighted by atomic mass is 9.98. The Morgan fingerprint density at radius 1 is 1.10 bits per heavy atom. The molecule has 0 aliphatic rings. The molecule has 0 aromatic heterocycles. The monoisotopic (exact) mass is 312 g/mol. The molecule has 2 aromatic rings. The molecule has 0 atom stereocenters. The van der Waals surface area contributed by atoms with Crippen molar-refractivity contribution in [2.75, 3.05) is 0 Å². The maximum absolute atomic E-state index is 12.5. The standard InChI is InChI=1S/C16H12ClF3O/c1-10-8-13(17)6-7-14(10)15(21)9-11-2-4-12(5-3-11)16(18,19)20/h2-8H,9H2,1H3. The van der Waals surface area contributed by atoms with Crippen LogP contribution in [0.2, 0.25) is 5.02 Å². The highest BCUT2D eigenvalue weighted by Crippen LogP contribution is 2.29. The van der Waals surface area contributed by atoms with E-state index in [0.717, 1.165) is 17.7 Å². The van der Waals surface area contributed by atoms with Crippen molar-refractivity contribution in [3.8, 4) is 0 Å². The Kier molecular flexibility index (Phi) is 4.37. The predicted octanol–water partition coefficient (Wildman–Crippen LogP) is 5.09. The summed E-state index contributed by atoms with van der Waals surface area (Å²) < 4.78 is 37.4. The van der Waals surface area contributed by atoms with Gasteiger partial charge in [-0.05, 0) is 48.4 Å². The number of hydrogen-bond donors (Lipinski definition) is 0. The minimum Gasteiger partial charge on any atom is -0.294 e. The molecule has 0 heterocycles. The molecule has 0 unspecified atom stereocenters. The van der Waals surface area contributed by atoms with Gasteiger partial charge in [-0.1, -0.05) is 23.7 Å². The Balaban J connectivity index is 2.16. The quantitative estimate of drug-likeness (QED) is 0.721. The van der Waals surface area contributed by atoms with E-state index in [9.17, 15) is 18.0 Å². The van der Waals surface area contributed by atoms with Gasteiger partial charge in [-0.15, -0.1) is 0 Å². The van der Waals surface area contributed by atoms with Crippen LogP contribution in [0.15, 0.2) is 42.5 Å². The first kappa shape index (κ1) is 15.6. The predicted molar refractivity (Wildman–Crippen MR) is 75.7 cm³/mol.